The molecule has 0 saturated heterocycles. The van der Waals surface area contributed by atoms with Crippen molar-refractivity contribution in [3.63, 3.8) is 0 Å². The van der Waals surface area contributed by atoms with Crippen LogP contribution in [0.25, 0.3) is 0 Å². The second kappa shape index (κ2) is 3.93. The van der Waals surface area contributed by atoms with Crippen LogP contribution in [0.15, 0.2) is 30.3 Å². The van der Waals surface area contributed by atoms with Crippen molar-refractivity contribution >= 4 is 5.69 Å². The molecule has 0 aliphatic carbocycles. The Morgan fingerprint density at radius 2 is 1.62 bits per heavy atom. The molecule has 1 aromatic rings. The first-order valence-electron chi connectivity index (χ1n) is 4.91. The highest BCUT2D eigenvalue weighted by molar-refractivity contribution is 5.40. The van der Waals surface area contributed by atoms with Gasteiger partial charge in [0.1, 0.15) is 5.69 Å². The fourth-order valence-electron chi connectivity index (χ4n) is 1.85. The summed E-state index contributed by atoms with van der Waals surface area (Å²) in [4.78, 5) is 0. The molecule has 0 aliphatic heterocycles. The SMILES string of the molecule is CC(C)C[N+](C)(C)c1ccccc1. The summed E-state index contributed by atoms with van der Waals surface area (Å²) in [5.41, 5.74) is 1.39. The third-order valence-corrected chi connectivity index (χ3v) is 2.28. The summed E-state index contributed by atoms with van der Waals surface area (Å²) in [6, 6.07) is 10.7. The van der Waals surface area contributed by atoms with Crippen LogP contribution in [-0.4, -0.2) is 20.6 Å². The van der Waals surface area contributed by atoms with Gasteiger partial charge in [-0.2, -0.15) is 0 Å². The Labute approximate surface area is 81.6 Å². The van der Waals surface area contributed by atoms with Crippen LogP contribution in [0.2, 0.25) is 0 Å². The maximum atomic E-state index is 2.27. The van der Waals surface area contributed by atoms with E-state index < -0.39 is 0 Å². The molecular weight excluding hydrogens is 158 g/mol. The fraction of sp³-hybridized carbons (Fsp3) is 0.500. The summed E-state index contributed by atoms with van der Waals surface area (Å²) in [5.74, 6) is 0.732. The zero-order valence-electron chi connectivity index (χ0n) is 9.12. The van der Waals surface area contributed by atoms with Gasteiger partial charge in [-0.25, -0.2) is 0 Å². The lowest BCUT2D eigenvalue weighted by atomic mass is 10.1. The van der Waals surface area contributed by atoms with E-state index in [9.17, 15) is 0 Å². The Bertz CT molecular complexity index is 249. The Balaban J connectivity index is 2.81. The molecule has 1 nitrogen and oxygen atoms in total. The number of rotatable bonds is 3. The minimum absolute atomic E-state index is 0.732. The van der Waals surface area contributed by atoms with Gasteiger partial charge >= 0.3 is 0 Å². The van der Waals surface area contributed by atoms with Crippen molar-refractivity contribution in [3.8, 4) is 0 Å². The molecule has 0 heterocycles. The van der Waals surface area contributed by atoms with Gasteiger partial charge in [-0.1, -0.05) is 32.0 Å². The molecule has 0 amide bonds. The van der Waals surface area contributed by atoms with Crippen molar-refractivity contribution in [3.05, 3.63) is 30.3 Å². The molecule has 1 heteroatoms. The van der Waals surface area contributed by atoms with Gasteiger partial charge in [-0.3, -0.25) is 4.48 Å². The second-order valence-electron chi connectivity index (χ2n) is 4.60. The molecule has 0 atom stereocenters. The molecule has 0 N–H and O–H groups in total. The maximum absolute atomic E-state index is 2.27. The topological polar surface area (TPSA) is 0 Å². The van der Waals surface area contributed by atoms with Crippen LogP contribution in [0.4, 0.5) is 5.69 Å². The number of benzene rings is 1. The summed E-state index contributed by atoms with van der Waals surface area (Å²) >= 11 is 0. The molecule has 13 heavy (non-hydrogen) atoms. The third-order valence-electron chi connectivity index (χ3n) is 2.28. The first-order valence-corrected chi connectivity index (χ1v) is 4.91. The molecule has 1 rings (SSSR count). The van der Waals surface area contributed by atoms with Crippen molar-refractivity contribution < 1.29 is 0 Å². The van der Waals surface area contributed by atoms with Gasteiger partial charge in [0.25, 0.3) is 0 Å². The van der Waals surface area contributed by atoms with E-state index >= 15 is 0 Å². The van der Waals surface area contributed by atoms with Crippen LogP contribution in [-0.2, 0) is 0 Å². The lowest BCUT2D eigenvalue weighted by Gasteiger charge is -2.30. The highest BCUT2D eigenvalue weighted by atomic mass is 15.3. The number of para-hydroxylation sites is 1. The van der Waals surface area contributed by atoms with E-state index in [1.165, 1.54) is 12.2 Å². The quantitative estimate of drug-likeness (QED) is 0.624. The smallest absolute Gasteiger partial charge is 0.132 e. The van der Waals surface area contributed by atoms with E-state index in [2.05, 4.69) is 58.3 Å². The molecule has 0 aromatic heterocycles. The zero-order valence-corrected chi connectivity index (χ0v) is 9.12. The highest BCUT2D eigenvalue weighted by Gasteiger charge is 2.19. The standard InChI is InChI=1S/C12H20N/c1-11(2)10-13(3,4)12-8-6-5-7-9-12/h5-9,11H,10H2,1-4H3/q+1. The van der Waals surface area contributed by atoms with E-state index in [0.717, 1.165) is 10.4 Å². The number of nitrogens with zero attached hydrogens (tertiary/aromatic N) is 1. The van der Waals surface area contributed by atoms with Crippen molar-refractivity contribution in [2.45, 2.75) is 13.8 Å². The number of quaternary nitrogens is 1. The maximum Gasteiger partial charge on any atom is 0.132 e. The van der Waals surface area contributed by atoms with Crippen LogP contribution in [0.3, 0.4) is 0 Å². The predicted octanol–water partition coefficient (Wildman–Crippen LogP) is 2.91. The van der Waals surface area contributed by atoms with Gasteiger partial charge in [0.2, 0.25) is 0 Å². The third kappa shape index (κ3) is 2.85. The van der Waals surface area contributed by atoms with E-state index in [1.807, 2.05) is 0 Å². The van der Waals surface area contributed by atoms with Crippen molar-refractivity contribution in [1.82, 2.24) is 4.48 Å². The van der Waals surface area contributed by atoms with Crippen LogP contribution < -0.4 is 4.48 Å². The Morgan fingerprint density at radius 3 is 2.08 bits per heavy atom. The van der Waals surface area contributed by atoms with Crippen LogP contribution >= 0.6 is 0 Å². The normalized spacial score (nSPS) is 12.1. The molecular formula is C12H20N+. The highest BCUT2D eigenvalue weighted by Crippen LogP contribution is 2.19. The van der Waals surface area contributed by atoms with E-state index in [0.29, 0.717) is 0 Å². The average Bonchev–Trinajstić information content (AvgIpc) is 2.04. The molecule has 0 bridgehead atoms. The predicted molar refractivity (Wildman–Crippen MR) is 59.8 cm³/mol. The molecule has 1 aromatic carbocycles. The number of hydrogen-bond donors (Lipinski definition) is 0. The van der Waals surface area contributed by atoms with Gasteiger partial charge < -0.3 is 0 Å². The van der Waals surface area contributed by atoms with Gasteiger partial charge in [0.15, 0.2) is 0 Å². The van der Waals surface area contributed by atoms with Crippen LogP contribution in [0.1, 0.15) is 13.8 Å². The summed E-state index contributed by atoms with van der Waals surface area (Å²) in [6.07, 6.45) is 0. The van der Waals surface area contributed by atoms with Gasteiger partial charge in [-0.15, -0.1) is 0 Å². The van der Waals surface area contributed by atoms with E-state index in [1.54, 1.807) is 0 Å². The second-order valence-corrected chi connectivity index (χ2v) is 4.60. The molecule has 72 valence electrons. The molecule has 0 fully saturated rings. The van der Waals surface area contributed by atoms with E-state index in [-0.39, 0.29) is 0 Å². The fourth-order valence-corrected chi connectivity index (χ4v) is 1.85. The first-order chi connectivity index (χ1) is 6.02. The van der Waals surface area contributed by atoms with Gasteiger partial charge in [0, 0.05) is 5.92 Å². The largest absolute Gasteiger partial charge is 0.296 e. The van der Waals surface area contributed by atoms with Crippen molar-refractivity contribution in [2.24, 2.45) is 5.92 Å². The summed E-state index contributed by atoms with van der Waals surface area (Å²) in [6.45, 7) is 5.72. The van der Waals surface area contributed by atoms with Crippen LogP contribution in [0.5, 0.6) is 0 Å². The van der Waals surface area contributed by atoms with Gasteiger partial charge in [0.05, 0.1) is 20.6 Å². The minimum Gasteiger partial charge on any atom is -0.296 e. The van der Waals surface area contributed by atoms with E-state index in [4.69, 9.17) is 0 Å². The summed E-state index contributed by atoms with van der Waals surface area (Å²) in [5, 5.41) is 0. The summed E-state index contributed by atoms with van der Waals surface area (Å²) < 4.78 is 0.971. The average molecular weight is 178 g/mol. The van der Waals surface area contributed by atoms with Gasteiger partial charge in [-0.05, 0) is 12.1 Å². The Kier molecular flexibility index (Phi) is 3.10. The van der Waals surface area contributed by atoms with Crippen molar-refractivity contribution in [2.75, 3.05) is 20.6 Å². The lowest BCUT2D eigenvalue weighted by molar-refractivity contribution is 0.348. The minimum atomic E-state index is 0.732. The lowest BCUT2D eigenvalue weighted by Crippen LogP contribution is -2.43. The Morgan fingerprint density at radius 1 is 1.08 bits per heavy atom. The molecule has 0 aliphatic rings. The molecule has 0 unspecified atom stereocenters. The van der Waals surface area contributed by atoms with Crippen molar-refractivity contribution in [1.29, 1.82) is 0 Å². The molecule has 0 radical (unpaired) electrons. The molecule has 0 spiro atoms. The summed E-state index contributed by atoms with van der Waals surface area (Å²) in [7, 11) is 4.52. The monoisotopic (exact) mass is 178 g/mol. The zero-order chi connectivity index (χ0) is 9.90. The number of hydrogen-bond acceptors (Lipinski definition) is 0. The first kappa shape index (κ1) is 10.3. The van der Waals surface area contributed by atoms with Crippen LogP contribution in [0, 0.1) is 5.92 Å². The molecule has 0 saturated carbocycles. The Hall–Kier alpha value is -0.820.